The molecule has 1 aliphatic rings. The smallest absolute Gasteiger partial charge is 0.244 e. The summed E-state index contributed by atoms with van der Waals surface area (Å²) in [5.41, 5.74) is 1.53. The first kappa shape index (κ1) is 27.2. The van der Waals surface area contributed by atoms with Crippen molar-refractivity contribution in [3.8, 4) is 23.0 Å². The molecule has 0 spiro atoms. The molecule has 0 radical (unpaired) electrons. The second-order valence-electron chi connectivity index (χ2n) is 8.11. The number of amides is 1. The number of ether oxygens (including phenoxy) is 4. The summed E-state index contributed by atoms with van der Waals surface area (Å²) in [5, 5.41) is 51.8. The van der Waals surface area contributed by atoms with E-state index < -0.39 is 37.3 Å². The number of methoxy groups -OCH3 is 2. The minimum absolute atomic E-state index is 0.0493. The lowest BCUT2D eigenvalue weighted by Gasteiger charge is -2.39. The highest BCUT2D eigenvalue weighted by Crippen LogP contribution is 2.32. The van der Waals surface area contributed by atoms with Gasteiger partial charge in [0.1, 0.15) is 24.4 Å². The zero-order valence-corrected chi connectivity index (χ0v) is 19.9. The number of phenolic OH excluding ortho intramolecular Hbond substituents is 1. The van der Waals surface area contributed by atoms with Crippen LogP contribution in [-0.2, 0) is 16.0 Å². The lowest BCUT2D eigenvalue weighted by atomic mass is 9.99. The average molecular weight is 506 g/mol. The Morgan fingerprint density at radius 1 is 1.00 bits per heavy atom. The molecule has 0 bridgehead atoms. The number of carbonyl (C=O) groups is 1. The summed E-state index contributed by atoms with van der Waals surface area (Å²) in [6, 6.07) is 9.78. The third-order valence-corrected chi connectivity index (χ3v) is 5.66. The molecule has 2 aromatic carbocycles. The normalized spacial score (nSPS) is 23.9. The average Bonchev–Trinajstić information content (AvgIpc) is 2.89. The molecule has 1 aliphatic heterocycles. The first-order chi connectivity index (χ1) is 17.3. The molecule has 5 atom stereocenters. The molecular formula is C25H31NO10. The number of rotatable bonds is 10. The van der Waals surface area contributed by atoms with E-state index in [9.17, 15) is 30.3 Å². The van der Waals surface area contributed by atoms with Gasteiger partial charge in [-0.15, -0.1) is 0 Å². The maximum atomic E-state index is 12.2. The van der Waals surface area contributed by atoms with Crippen molar-refractivity contribution in [2.75, 3.05) is 27.4 Å². The van der Waals surface area contributed by atoms with E-state index in [1.54, 1.807) is 30.3 Å². The molecule has 11 nitrogen and oxygen atoms in total. The minimum Gasteiger partial charge on any atom is -0.504 e. The van der Waals surface area contributed by atoms with Crippen molar-refractivity contribution >= 4 is 12.0 Å². The summed E-state index contributed by atoms with van der Waals surface area (Å²) < 4.78 is 21.4. The zero-order valence-electron chi connectivity index (χ0n) is 19.9. The summed E-state index contributed by atoms with van der Waals surface area (Å²) in [6.07, 6.45) is -3.57. The van der Waals surface area contributed by atoms with Crippen molar-refractivity contribution in [1.82, 2.24) is 5.32 Å². The number of hydrogen-bond donors (Lipinski definition) is 6. The second kappa shape index (κ2) is 12.6. The Hall–Kier alpha value is -3.35. The molecule has 36 heavy (non-hydrogen) atoms. The first-order valence-electron chi connectivity index (χ1n) is 11.2. The van der Waals surface area contributed by atoms with Crippen LogP contribution in [0.5, 0.6) is 23.0 Å². The third kappa shape index (κ3) is 6.65. The van der Waals surface area contributed by atoms with Crippen LogP contribution in [0.15, 0.2) is 42.5 Å². The zero-order chi connectivity index (χ0) is 26.2. The summed E-state index contributed by atoms with van der Waals surface area (Å²) >= 11 is 0. The van der Waals surface area contributed by atoms with E-state index in [4.69, 9.17) is 18.9 Å². The van der Waals surface area contributed by atoms with Gasteiger partial charge in [0.05, 0.1) is 20.8 Å². The van der Waals surface area contributed by atoms with Crippen molar-refractivity contribution in [3.05, 3.63) is 53.6 Å². The van der Waals surface area contributed by atoms with Gasteiger partial charge in [-0.2, -0.15) is 0 Å². The van der Waals surface area contributed by atoms with E-state index in [1.165, 1.54) is 32.4 Å². The van der Waals surface area contributed by atoms with Gasteiger partial charge < -0.3 is 49.8 Å². The van der Waals surface area contributed by atoms with Crippen molar-refractivity contribution in [1.29, 1.82) is 0 Å². The molecule has 1 unspecified atom stereocenters. The van der Waals surface area contributed by atoms with Gasteiger partial charge in [0.15, 0.2) is 23.0 Å². The van der Waals surface area contributed by atoms with Crippen LogP contribution in [0.1, 0.15) is 11.1 Å². The predicted molar refractivity (Wildman–Crippen MR) is 128 cm³/mol. The van der Waals surface area contributed by atoms with Crippen LogP contribution < -0.4 is 19.5 Å². The number of aromatic hydroxyl groups is 1. The van der Waals surface area contributed by atoms with Gasteiger partial charge in [0.25, 0.3) is 0 Å². The van der Waals surface area contributed by atoms with E-state index in [-0.39, 0.29) is 23.2 Å². The van der Waals surface area contributed by atoms with E-state index >= 15 is 0 Å². The molecule has 1 heterocycles. The molecule has 11 heteroatoms. The van der Waals surface area contributed by atoms with Crippen LogP contribution in [0.25, 0.3) is 6.08 Å². The maximum Gasteiger partial charge on any atom is 0.244 e. The highest BCUT2D eigenvalue weighted by molar-refractivity contribution is 5.91. The van der Waals surface area contributed by atoms with Gasteiger partial charge >= 0.3 is 0 Å². The number of benzene rings is 2. The third-order valence-electron chi connectivity index (χ3n) is 5.66. The molecule has 0 aromatic heterocycles. The number of nitrogens with one attached hydrogen (secondary N) is 1. The minimum atomic E-state index is -1.57. The van der Waals surface area contributed by atoms with Crippen molar-refractivity contribution in [2.24, 2.45) is 0 Å². The highest BCUT2D eigenvalue weighted by Gasteiger charge is 2.44. The Morgan fingerprint density at radius 3 is 2.44 bits per heavy atom. The van der Waals surface area contributed by atoms with E-state index in [0.29, 0.717) is 24.3 Å². The molecular weight excluding hydrogens is 474 g/mol. The summed E-state index contributed by atoms with van der Waals surface area (Å²) in [4.78, 5) is 12.2. The molecule has 3 rings (SSSR count). The molecule has 2 aromatic rings. The standard InChI is InChI=1S/C25H31NO10/c1-33-18-11-15(3-6-16(18)28)9-10-26-21(29)8-5-14-4-7-17(19(12-14)34-2)35-25-24(32)23(31)22(30)20(13-27)36-25/h3-8,11-12,20,22-25,27-28,30-32H,9-10,13H2,1-2H3,(H,26,29)/t20-,22-,23+,24-,25?/m1/s1. The van der Waals surface area contributed by atoms with E-state index in [1.807, 2.05) is 0 Å². The van der Waals surface area contributed by atoms with Crippen molar-refractivity contribution in [3.63, 3.8) is 0 Å². The predicted octanol–water partition coefficient (Wildman–Crippen LogP) is -0.0398. The second-order valence-corrected chi connectivity index (χ2v) is 8.11. The van der Waals surface area contributed by atoms with E-state index in [0.717, 1.165) is 5.56 Å². The number of phenols is 1. The van der Waals surface area contributed by atoms with Crippen LogP contribution >= 0.6 is 0 Å². The summed E-state index contributed by atoms with van der Waals surface area (Å²) in [5.74, 6) is 0.574. The fraction of sp³-hybridized carbons (Fsp3) is 0.400. The topological polar surface area (TPSA) is 167 Å². The summed E-state index contributed by atoms with van der Waals surface area (Å²) in [6.45, 7) is -0.191. The number of aliphatic hydroxyl groups excluding tert-OH is 4. The van der Waals surface area contributed by atoms with Gasteiger partial charge in [-0.1, -0.05) is 12.1 Å². The Morgan fingerprint density at radius 2 is 1.75 bits per heavy atom. The monoisotopic (exact) mass is 505 g/mol. The van der Waals surface area contributed by atoms with Crippen molar-refractivity contribution in [2.45, 2.75) is 37.1 Å². The highest BCUT2D eigenvalue weighted by atomic mass is 16.7. The Kier molecular flexibility index (Phi) is 9.51. The quantitative estimate of drug-likeness (QED) is 0.241. The number of carbonyl (C=O) groups excluding carboxylic acids is 1. The SMILES string of the molecule is COc1cc(CCNC(=O)C=Cc2ccc(OC3O[C@H](CO)[C@@H](O)[C@H](O)[C@H]3O)c(OC)c2)ccc1O. The lowest BCUT2D eigenvalue weighted by molar-refractivity contribution is -0.277. The molecule has 0 saturated carbocycles. The largest absolute Gasteiger partial charge is 0.504 e. The van der Waals surface area contributed by atoms with Crippen LogP contribution in [0.2, 0.25) is 0 Å². The van der Waals surface area contributed by atoms with Crippen LogP contribution in [-0.4, -0.2) is 89.5 Å². The number of hydrogen-bond acceptors (Lipinski definition) is 10. The molecule has 196 valence electrons. The molecule has 0 aliphatic carbocycles. The maximum absolute atomic E-state index is 12.2. The van der Waals surface area contributed by atoms with Gasteiger partial charge in [0, 0.05) is 12.6 Å². The van der Waals surface area contributed by atoms with E-state index in [2.05, 4.69) is 5.32 Å². The Balaban J connectivity index is 1.57. The van der Waals surface area contributed by atoms with Crippen LogP contribution in [0.4, 0.5) is 0 Å². The Labute approximate surface area is 208 Å². The molecule has 6 N–H and O–H groups in total. The number of aliphatic hydroxyl groups is 4. The fourth-order valence-electron chi connectivity index (χ4n) is 3.61. The molecule has 1 fully saturated rings. The van der Waals surface area contributed by atoms with Crippen LogP contribution in [0, 0.1) is 0 Å². The van der Waals surface area contributed by atoms with Crippen LogP contribution in [0.3, 0.4) is 0 Å². The Bertz CT molecular complexity index is 1060. The van der Waals surface area contributed by atoms with Gasteiger partial charge in [0.2, 0.25) is 12.2 Å². The lowest BCUT2D eigenvalue weighted by Crippen LogP contribution is -2.60. The molecule has 1 saturated heterocycles. The van der Waals surface area contributed by atoms with Crippen molar-refractivity contribution < 1.29 is 49.3 Å². The van der Waals surface area contributed by atoms with Gasteiger partial charge in [-0.3, -0.25) is 4.79 Å². The molecule has 1 amide bonds. The van der Waals surface area contributed by atoms with Gasteiger partial charge in [-0.05, 0) is 47.9 Å². The summed E-state index contributed by atoms with van der Waals surface area (Å²) in [7, 11) is 2.88. The first-order valence-corrected chi connectivity index (χ1v) is 11.2. The van der Waals surface area contributed by atoms with Gasteiger partial charge in [-0.25, -0.2) is 0 Å². The fourth-order valence-corrected chi connectivity index (χ4v) is 3.61.